The molecule has 5 nitrogen and oxygen atoms in total. The van der Waals surface area contributed by atoms with E-state index in [0.29, 0.717) is 21.9 Å². The first kappa shape index (κ1) is 20.1. The lowest BCUT2D eigenvalue weighted by molar-refractivity contribution is -0.122. The van der Waals surface area contributed by atoms with Crippen molar-refractivity contribution in [2.45, 2.75) is 13.0 Å². The number of carbonyl (C=O) groups is 3. The van der Waals surface area contributed by atoms with Crippen LogP contribution in [0, 0.1) is 0 Å². The van der Waals surface area contributed by atoms with Crippen molar-refractivity contribution in [1.29, 1.82) is 0 Å². The predicted molar refractivity (Wildman–Crippen MR) is 115 cm³/mol. The van der Waals surface area contributed by atoms with Crippen LogP contribution >= 0.6 is 23.2 Å². The van der Waals surface area contributed by atoms with Crippen LogP contribution in [-0.4, -0.2) is 23.6 Å². The molecule has 0 unspecified atom stereocenters. The lowest BCUT2D eigenvalue weighted by atomic mass is 9.83. The molecule has 0 saturated carbocycles. The van der Waals surface area contributed by atoms with Crippen molar-refractivity contribution in [2.75, 3.05) is 5.32 Å². The molecular weight excluding hydrogens is 425 g/mol. The molecule has 0 heterocycles. The summed E-state index contributed by atoms with van der Waals surface area (Å²) < 4.78 is 5.63. The summed E-state index contributed by atoms with van der Waals surface area (Å²) in [5.41, 5.74) is 1.35. The minimum atomic E-state index is -0.916. The monoisotopic (exact) mass is 439 g/mol. The largest absolute Gasteiger partial charge is 0.479 e. The highest BCUT2D eigenvalue weighted by atomic mass is 35.5. The smallest absolute Gasteiger partial charge is 0.265 e. The van der Waals surface area contributed by atoms with Crippen LogP contribution in [0.3, 0.4) is 0 Å². The van der Waals surface area contributed by atoms with Gasteiger partial charge in [0.05, 0.1) is 16.3 Å². The zero-order valence-electron chi connectivity index (χ0n) is 15.7. The van der Waals surface area contributed by atoms with Gasteiger partial charge in [-0.2, -0.15) is 0 Å². The van der Waals surface area contributed by atoms with E-state index in [2.05, 4.69) is 5.32 Å². The Hall–Kier alpha value is -3.15. The molecule has 1 aliphatic rings. The fourth-order valence-corrected chi connectivity index (χ4v) is 3.75. The average molecular weight is 440 g/mol. The maximum atomic E-state index is 13.0. The third kappa shape index (κ3) is 3.58. The van der Waals surface area contributed by atoms with Gasteiger partial charge in [-0.3, -0.25) is 14.4 Å². The number of halogens is 2. The van der Waals surface area contributed by atoms with Crippen molar-refractivity contribution in [2.24, 2.45) is 0 Å². The number of amides is 1. The number of benzene rings is 3. The maximum absolute atomic E-state index is 13.0. The lowest BCUT2D eigenvalue weighted by Gasteiger charge is -2.21. The molecule has 0 spiro atoms. The van der Waals surface area contributed by atoms with Gasteiger partial charge in [0.15, 0.2) is 17.7 Å². The molecule has 1 N–H and O–H groups in total. The summed E-state index contributed by atoms with van der Waals surface area (Å²) in [5.74, 6) is -0.758. The molecule has 0 aromatic heterocycles. The summed E-state index contributed by atoms with van der Waals surface area (Å²) in [6.07, 6.45) is -0.916. The van der Waals surface area contributed by atoms with Gasteiger partial charge in [-0.25, -0.2) is 0 Å². The highest BCUT2D eigenvalue weighted by Gasteiger charge is 2.32. The number of carbonyl (C=O) groups excluding carboxylic acids is 3. The quantitative estimate of drug-likeness (QED) is 0.475. The molecule has 4 rings (SSSR count). The average Bonchev–Trinajstić information content (AvgIpc) is 2.73. The van der Waals surface area contributed by atoms with Crippen LogP contribution in [0.5, 0.6) is 5.75 Å². The maximum Gasteiger partial charge on any atom is 0.265 e. The van der Waals surface area contributed by atoms with E-state index in [0.717, 1.165) is 0 Å². The van der Waals surface area contributed by atoms with Gasteiger partial charge in [-0.05, 0) is 31.2 Å². The third-order valence-electron chi connectivity index (χ3n) is 4.78. The second kappa shape index (κ2) is 7.94. The molecule has 1 aliphatic carbocycles. The van der Waals surface area contributed by atoms with Crippen molar-refractivity contribution in [3.05, 3.63) is 93.0 Å². The fourth-order valence-electron chi connectivity index (χ4n) is 3.30. The van der Waals surface area contributed by atoms with Crippen LogP contribution in [0.1, 0.15) is 38.8 Å². The number of ketones is 2. The van der Waals surface area contributed by atoms with Gasteiger partial charge in [0.1, 0.15) is 5.75 Å². The number of hydrogen-bond donors (Lipinski definition) is 1. The van der Waals surface area contributed by atoms with Gasteiger partial charge in [0.25, 0.3) is 5.91 Å². The molecule has 3 aromatic carbocycles. The van der Waals surface area contributed by atoms with Gasteiger partial charge in [-0.15, -0.1) is 0 Å². The SMILES string of the molecule is C[C@@H](Oc1ccc(Cl)cc1Cl)C(=O)Nc1cccc2c1C(=O)c1ccccc1C2=O. The lowest BCUT2D eigenvalue weighted by Crippen LogP contribution is -2.31. The summed E-state index contributed by atoms with van der Waals surface area (Å²) >= 11 is 12.0. The minimum Gasteiger partial charge on any atom is -0.479 e. The van der Waals surface area contributed by atoms with Crippen LogP contribution in [-0.2, 0) is 4.79 Å². The topological polar surface area (TPSA) is 72.5 Å². The molecule has 150 valence electrons. The Morgan fingerprint density at radius 1 is 0.900 bits per heavy atom. The number of ether oxygens (including phenoxy) is 1. The Balaban J connectivity index is 1.61. The highest BCUT2D eigenvalue weighted by molar-refractivity contribution is 6.35. The van der Waals surface area contributed by atoms with Gasteiger partial charge in [0.2, 0.25) is 0 Å². The molecule has 0 fully saturated rings. The standard InChI is InChI=1S/C23H15Cl2NO4/c1-12(30-19-10-9-13(24)11-17(19)25)23(29)26-18-8-4-7-16-20(18)22(28)15-6-3-2-5-14(15)21(16)27/h2-12H,1H3,(H,26,29)/t12-/m1/s1. The van der Waals surface area contributed by atoms with Crippen LogP contribution in [0.15, 0.2) is 60.7 Å². The number of nitrogens with one attached hydrogen (secondary N) is 1. The number of anilines is 1. The van der Waals surface area contributed by atoms with E-state index in [4.69, 9.17) is 27.9 Å². The Kier molecular flexibility index (Phi) is 5.33. The minimum absolute atomic E-state index is 0.172. The summed E-state index contributed by atoms with van der Waals surface area (Å²) in [6, 6.07) is 16.1. The van der Waals surface area contributed by atoms with Crippen molar-refractivity contribution >= 4 is 46.4 Å². The second-order valence-electron chi connectivity index (χ2n) is 6.76. The zero-order chi connectivity index (χ0) is 21.4. The Morgan fingerprint density at radius 3 is 2.27 bits per heavy atom. The molecule has 3 aromatic rings. The zero-order valence-corrected chi connectivity index (χ0v) is 17.3. The molecule has 0 saturated heterocycles. The first-order chi connectivity index (χ1) is 14.4. The van der Waals surface area contributed by atoms with E-state index >= 15 is 0 Å². The Morgan fingerprint density at radius 2 is 1.57 bits per heavy atom. The molecule has 0 bridgehead atoms. The molecule has 7 heteroatoms. The number of rotatable bonds is 4. The Labute approximate surface area is 182 Å². The van der Waals surface area contributed by atoms with E-state index in [-0.39, 0.29) is 33.4 Å². The molecular formula is C23H15Cl2NO4. The number of fused-ring (bicyclic) bond motifs is 2. The van der Waals surface area contributed by atoms with Crippen LogP contribution in [0.2, 0.25) is 10.0 Å². The van der Waals surface area contributed by atoms with Crippen LogP contribution in [0.25, 0.3) is 0 Å². The molecule has 0 radical (unpaired) electrons. The Bertz CT molecular complexity index is 1210. The van der Waals surface area contributed by atoms with E-state index in [1.165, 1.54) is 6.07 Å². The van der Waals surface area contributed by atoms with Crippen LogP contribution < -0.4 is 10.1 Å². The first-order valence-electron chi connectivity index (χ1n) is 9.11. The first-order valence-corrected chi connectivity index (χ1v) is 9.86. The summed E-state index contributed by atoms with van der Waals surface area (Å²) in [7, 11) is 0. The van der Waals surface area contributed by atoms with Crippen molar-refractivity contribution in [3.8, 4) is 5.75 Å². The molecule has 0 aliphatic heterocycles. The van der Waals surface area contributed by atoms with E-state index in [1.807, 2.05) is 0 Å². The molecule has 1 atom stereocenters. The fraction of sp³-hybridized carbons (Fsp3) is 0.0870. The highest BCUT2D eigenvalue weighted by Crippen LogP contribution is 2.32. The van der Waals surface area contributed by atoms with Crippen molar-refractivity contribution in [1.82, 2.24) is 0 Å². The number of hydrogen-bond acceptors (Lipinski definition) is 4. The predicted octanol–water partition coefficient (Wildman–Crippen LogP) is 5.17. The van der Waals surface area contributed by atoms with E-state index < -0.39 is 12.0 Å². The van der Waals surface area contributed by atoms with Crippen molar-refractivity contribution < 1.29 is 19.1 Å². The van der Waals surface area contributed by atoms with Gasteiger partial charge in [0, 0.05) is 21.7 Å². The normalized spacial score (nSPS) is 13.3. The van der Waals surface area contributed by atoms with Gasteiger partial charge in [-0.1, -0.05) is 59.6 Å². The summed E-state index contributed by atoms with van der Waals surface area (Å²) in [6.45, 7) is 1.55. The van der Waals surface area contributed by atoms with Gasteiger partial charge < -0.3 is 10.1 Å². The second-order valence-corrected chi connectivity index (χ2v) is 7.60. The van der Waals surface area contributed by atoms with Gasteiger partial charge >= 0.3 is 0 Å². The third-order valence-corrected chi connectivity index (χ3v) is 5.31. The summed E-state index contributed by atoms with van der Waals surface area (Å²) in [5, 5.41) is 3.42. The molecule has 1 amide bonds. The molecule has 30 heavy (non-hydrogen) atoms. The summed E-state index contributed by atoms with van der Waals surface area (Å²) in [4.78, 5) is 38.6. The van der Waals surface area contributed by atoms with E-state index in [9.17, 15) is 14.4 Å². The van der Waals surface area contributed by atoms with Crippen LogP contribution in [0.4, 0.5) is 5.69 Å². The van der Waals surface area contributed by atoms with E-state index in [1.54, 1.807) is 61.5 Å². The van der Waals surface area contributed by atoms with Crippen molar-refractivity contribution in [3.63, 3.8) is 0 Å².